The van der Waals surface area contributed by atoms with Gasteiger partial charge in [0.1, 0.15) is 0 Å². The molecule has 1 aromatic carbocycles. The zero-order valence-corrected chi connectivity index (χ0v) is 14.9. The molecule has 1 saturated heterocycles. The molecular formula is C18H30N2S. The molecule has 1 heterocycles. The van der Waals surface area contributed by atoms with Crippen molar-refractivity contribution in [2.45, 2.75) is 44.2 Å². The van der Waals surface area contributed by atoms with Gasteiger partial charge >= 0.3 is 0 Å². The van der Waals surface area contributed by atoms with Crippen molar-refractivity contribution < 1.29 is 0 Å². The van der Waals surface area contributed by atoms with Gasteiger partial charge in [-0.3, -0.25) is 0 Å². The third-order valence-corrected chi connectivity index (χ3v) is 5.56. The molecule has 0 spiro atoms. The monoisotopic (exact) mass is 306 g/mol. The van der Waals surface area contributed by atoms with E-state index >= 15 is 0 Å². The highest BCUT2D eigenvalue weighted by Gasteiger charge is 2.33. The van der Waals surface area contributed by atoms with Gasteiger partial charge in [-0.2, -0.15) is 11.8 Å². The van der Waals surface area contributed by atoms with Crippen molar-refractivity contribution in [1.29, 1.82) is 0 Å². The van der Waals surface area contributed by atoms with Crippen molar-refractivity contribution in [2.75, 3.05) is 26.7 Å². The van der Waals surface area contributed by atoms with E-state index < -0.39 is 0 Å². The van der Waals surface area contributed by atoms with Crippen LogP contribution in [0, 0.1) is 5.41 Å². The van der Waals surface area contributed by atoms with Gasteiger partial charge in [-0.15, -0.1) is 0 Å². The highest BCUT2D eigenvalue weighted by molar-refractivity contribution is 8.00. The first kappa shape index (κ1) is 16.9. The van der Waals surface area contributed by atoms with E-state index in [4.69, 9.17) is 0 Å². The van der Waals surface area contributed by atoms with Crippen LogP contribution in [0.25, 0.3) is 0 Å². The number of benzene rings is 1. The maximum absolute atomic E-state index is 3.54. The Bertz CT molecular complexity index is 422. The lowest BCUT2D eigenvalue weighted by Gasteiger charge is -2.42. The second-order valence-corrected chi connectivity index (χ2v) is 8.95. The summed E-state index contributed by atoms with van der Waals surface area (Å²) in [4.78, 5) is 2.65. The fourth-order valence-corrected chi connectivity index (χ4v) is 5.12. The van der Waals surface area contributed by atoms with Crippen LogP contribution in [-0.4, -0.2) is 42.1 Å². The minimum atomic E-state index is 0.206. The van der Waals surface area contributed by atoms with Crippen molar-refractivity contribution in [3.63, 3.8) is 0 Å². The maximum atomic E-state index is 3.54. The smallest absolute Gasteiger partial charge is 0.0381 e. The van der Waals surface area contributed by atoms with Gasteiger partial charge in [0.05, 0.1) is 0 Å². The topological polar surface area (TPSA) is 15.3 Å². The third-order valence-electron chi connectivity index (χ3n) is 4.33. The lowest BCUT2D eigenvalue weighted by Crippen LogP contribution is -2.48. The van der Waals surface area contributed by atoms with E-state index in [1.165, 1.54) is 18.7 Å². The maximum Gasteiger partial charge on any atom is 0.0381 e. The molecule has 1 N–H and O–H groups in total. The van der Waals surface area contributed by atoms with Crippen LogP contribution in [0.2, 0.25) is 0 Å². The van der Waals surface area contributed by atoms with Crippen LogP contribution in [-0.2, 0) is 0 Å². The van der Waals surface area contributed by atoms with Gasteiger partial charge in [-0.25, -0.2) is 0 Å². The first-order valence-corrected chi connectivity index (χ1v) is 8.96. The van der Waals surface area contributed by atoms with E-state index in [0.29, 0.717) is 6.04 Å². The quantitative estimate of drug-likeness (QED) is 0.891. The minimum Gasteiger partial charge on any atom is -0.313 e. The van der Waals surface area contributed by atoms with Gasteiger partial charge in [0.25, 0.3) is 0 Å². The molecule has 1 aliphatic rings. The molecule has 0 aromatic heterocycles. The van der Waals surface area contributed by atoms with E-state index in [1.54, 1.807) is 0 Å². The van der Waals surface area contributed by atoms with Crippen LogP contribution >= 0.6 is 11.8 Å². The Morgan fingerprint density at radius 2 is 1.76 bits per heavy atom. The first-order chi connectivity index (χ1) is 9.92. The summed E-state index contributed by atoms with van der Waals surface area (Å²) < 4.78 is 0. The van der Waals surface area contributed by atoms with Crippen molar-refractivity contribution in [3.8, 4) is 0 Å². The van der Waals surface area contributed by atoms with E-state index in [1.807, 2.05) is 0 Å². The molecule has 0 aliphatic carbocycles. The molecule has 2 rings (SSSR count). The Morgan fingerprint density at radius 3 is 2.29 bits per heavy atom. The molecule has 1 aliphatic heterocycles. The average Bonchev–Trinajstić information content (AvgIpc) is 2.38. The Hall–Kier alpha value is -0.510. The lowest BCUT2D eigenvalue weighted by atomic mass is 9.80. The molecule has 2 nitrogen and oxygen atoms in total. The summed E-state index contributed by atoms with van der Waals surface area (Å²) in [6.07, 6.45) is 0. The largest absolute Gasteiger partial charge is 0.313 e. The summed E-state index contributed by atoms with van der Waals surface area (Å²) in [5.41, 5.74) is 1.59. The minimum absolute atomic E-state index is 0.206. The lowest BCUT2D eigenvalue weighted by molar-refractivity contribution is 0.138. The zero-order valence-electron chi connectivity index (χ0n) is 14.1. The molecular weight excluding hydrogens is 276 g/mol. The number of nitrogens with one attached hydrogen (secondary N) is 1. The van der Waals surface area contributed by atoms with Gasteiger partial charge in [-0.05, 0) is 18.0 Å². The molecule has 3 atom stereocenters. The standard InChI is InChI=1S/C18H30N2S/c1-14-11-20(12-15(2)21-14)13-18(3,4)17(19-5)16-9-7-6-8-10-16/h6-10,14-15,17,19H,11-13H2,1-5H3. The van der Waals surface area contributed by atoms with E-state index in [2.05, 4.69) is 87.1 Å². The number of rotatable bonds is 5. The summed E-state index contributed by atoms with van der Waals surface area (Å²) in [5.74, 6) is 0. The average molecular weight is 307 g/mol. The number of hydrogen-bond acceptors (Lipinski definition) is 3. The second-order valence-electron chi connectivity index (χ2n) is 7.07. The van der Waals surface area contributed by atoms with Crippen LogP contribution in [0.1, 0.15) is 39.3 Å². The Balaban J connectivity index is 2.09. The number of nitrogens with zero attached hydrogens (tertiary/aromatic N) is 1. The van der Waals surface area contributed by atoms with Crippen LogP contribution in [0.3, 0.4) is 0 Å². The van der Waals surface area contributed by atoms with Crippen molar-refractivity contribution in [3.05, 3.63) is 35.9 Å². The normalized spacial score (nSPS) is 25.8. The highest BCUT2D eigenvalue weighted by atomic mass is 32.2. The summed E-state index contributed by atoms with van der Waals surface area (Å²) in [6.45, 7) is 13.0. The molecule has 1 aromatic rings. The molecule has 0 saturated carbocycles. The number of hydrogen-bond donors (Lipinski definition) is 1. The Kier molecular flexibility index (Phi) is 5.75. The molecule has 3 heteroatoms. The third kappa shape index (κ3) is 4.48. The number of thioether (sulfide) groups is 1. The molecule has 21 heavy (non-hydrogen) atoms. The van der Waals surface area contributed by atoms with E-state index in [9.17, 15) is 0 Å². The van der Waals surface area contributed by atoms with Crippen LogP contribution in [0.15, 0.2) is 30.3 Å². The van der Waals surface area contributed by atoms with Crippen molar-refractivity contribution in [1.82, 2.24) is 10.2 Å². The Labute approximate surface area is 134 Å². The van der Waals surface area contributed by atoms with Crippen LogP contribution in [0.4, 0.5) is 0 Å². The van der Waals surface area contributed by atoms with Gasteiger partial charge in [-0.1, -0.05) is 58.0 Å². The summed E-state index contributed by atoms with van der Waals surface area (Å²) in [7, 11) is 2.08. The fourth-order valence-electron chi connectivity index (χ4n) is 3.74. The van der Waals surface area contributed by atoms with E-state index in [0.717, 1.165) is 17.0 Å². The molecule has 0 radical (unpaired) electrons. The van der Waals surface area contributed by atoms with Crippen LogP contribution < -0.4 is 5.32 Å². The summed E-state index contributed by atoms with van der Waals surface area (Å²) in [5, 5.41) is 5.03. The van der Waals surface area contributed by atoms with Gasteiger partial charge in [0.2, 0.25) is 0 Å². The molecule has 118 valence electrons. The zero-order chi connectivity index (χ0) is 15.5. The predicted molar refractivity (Wildman–Crippen MR) is 95.0 cm³/mol. The van der Waals surface area contributed by atoms with Crippen molar-refractivity contribution >= 4 is 11.8 Å². The summed E-state index contributed by atoms with van der Waals surface area (Å²) in [6, 6.07) is 11.2. The summed E-state index contributed by atoms with van der Waals surface area (Å²) >= 11 is 2.12. The molecule has 0 amide bonds. The van der Waals surface area contributed by atoms with Crippen molar-refractivity contribution in [2.24, 2.45) is 5.41 Å². The second kappa shape index (κ2) is 7.17. The molecule has 1 fully saturated rings. The van der Waals surface area contributed by atoms with Gasteiger partial charge in [0.15, 0.2) is 0 Å². The molecule has 3 unspecified atom stereocenters. The van der Waals surface area contributed by atoms with Gasteiger partial charge < -0.3 is 10.2 Å². The SMILES string of the molecule is CNC(c1ccccc1)C(C)(C)CN1CC(C)SC(C)C1. The van der Waals surface area contributed by atoms with E-state index in [-0.39, 0.29) is 5.41 Å². The predicted octanol–water partition coefficient (Wildman–Crippen LogP) is 3.80. The molecule has 0 bridgehead atoms. The van der Waals surface area contributed by atoms with Gasteiger partial charge in [0, 0.05) is 36.2 Å². The van der Waals surface area contributed by atoms with Crippen LogP contribution in [0.5, 0.6) is 0 Å². The Morgan fingerprint density at radius 1 is 1.19 bits per heavy atom. The fraction of sp³-hybridized carbons (Fsp3) is 0.667. The first-order valence-electron chi connectivity index (χ1n) is 8.02. The highest BCUT2D eigenvalue weighted by Crippen LogP contribution is 2.35.